The molecular formula is C15H21BrFN3. The van der Waals surface area contributed by atoms with Crippen LogP contribution in [-0.4, -0.2) is 18.5 Å². The Hall–Kier alpha value is -1.10. The SMILES string of the molecule is NC(=NCCc1cc(Br)ccc1F)NC1CCCCC1. The van der Waals surface area contributed by atoms with Crippen molar-refractivity contribution in [1.29, 1.82) is 0 Å². The topological polar surface area (TPSA) is 50.4 Å². The Labute approximate surface area is 128 Å². The molecule has 1 saturated carbocycles. The molecule has 20 heavy (non-hydrogen) atoms. The molecule has 0 spiro atoms. The van der Waals surface area contributed by atoms with Crippen molar-refractivity contribution < 1.29 is 4.39 Å². The molecular weight excluding hydrogens is 321 g/mol. The summed E-state index contributed by atoms with van der Waals surface area (Å²) in [6, 6.07) is 5.40. The third kappa shape index (κ3) is 4.78. The molecule has 3 N–H and O–H groups in total. The second-order valence-corrected chi connectivity index (χ2v) is 6.15. The van der Waals surface area contributed by atoms with Crippen molar-refractivity contribution in [2.45, 2.75) is 44.6 Å². The maximum atomic E-state index is 13.6. The monoisotopic (exact) mass is 341 g/mol. The van der Waals surface area contributed by atoms with Crippen molar-refractivity contribution in [3.8, 4) is 0 Å². The second-order valence-electron chi connectivity index (χ2n) is 5.23. The maximum Gasteiger partial charge on any atom is 0.188 e. The van der Waals surface area contributed by atoms with E-state index in [2.05, 4.69) is 26.2 Å². The molecule has 0 aliphatic heterocycles. The third-order valence-corrected chi connectivity index (χ3v) is 4.12. The van der Waals surface area contributed by atoms with Gasteiger partial charge in [-0.1, -0.05) is 35.2 Å². The van der Waals surface area contributed by atoms with E-state index in [1.54, 1.807) is 12.1 Å². The van der Waals surface area contributed by atoms with Gasteiger partial charge in [0.2, 0.25) is 0 Å². The first-order valence-electron chi connectivity index (χ1n) is 7.15. The van der Waals surface area contributed by atoms with Crippen LogP contribution in [0, 0.1) is 5.82 Å². The highest BCUT2D eigenvalue weighted by Crippen LogP contribution is 2.17. The average Bonchev–Trinajstić information content (AvgIpc) is 2.44. The molecule has 0 radical (unpaired) electrons. The minimum Gasteiger partial charge on any atom is -0.370 e. The molecule has 1 fully saturated rings. The predicted octanol–water partition coefficient (Wildman–Crippen LogP) is 3.37. The number of nitrogens with zero attached hydrogens (tertiary/aromatic N) is 1. The number of hydrogen-bond acceptors (Lipinski definition) is 1. The van der Waals surface area contributed by atoms with E-state index < -0.39 is 0 Å². The molecule has 0 heterocycles. The number of hydrogen-bond donors (Lipinski definition) is 2. The summed E-state index contributed by atoms with van der Waals surface area (Å²) < 4.78 is 14.4. The van der Waals surface area contributed by atoms with E-state index >= 15 is 0 Å². The van der Waals surface area contributed by atoms with Crippen LogP contribution < -0.4 is 11.1 Å². The standard InChI is InChI=1S/C15H21BrFN3/c16-12-6-7-14(17)11(10-12)8-9-19-15(18)20-13-4-2-1-3-5-13/h6-7,10,13H,1-5,8-9H2,(H3,18,19,20). The molecule has 1 aliphatic rings. The summed E-state index contributed by atoms with van der Waals surface area (Å²) in [5.74, 6) is 0.287. The summed E-state index contributed by atoms with van der Waals surface area (Å²) in [5, 5.41) is 3.26. The number of nitrogens with two attached hydrogens (primary N) is 1. The van der Waals surface area contributed by atoms with Crippen molar-refractivity contribution in [3.63, 3.8) is 0 Å². The molecule has 110 valence electrons. The first-order valence-corrected chi connectivity index (χ1v) is 7.95. The van der Waals surface area contributed by atoms with Crippen molar-refractivity contribution in [2.24, 2.45) is 10.7 Å². The Bertz CT molecular complexity index is 470. The Morgan fingerprint density at radius 1 is 1.35 bits per heavy atom. The number of benzene rings is 1. The fourth-order valence-electron chi connectivity index (χ4n) is 2.53. The number of nitrogens with one attached hydrogen (secondary N) is 1. The van der Waals surface area contributed by atoms with Gasteiger partial charge in [0.05, 0.1) is 0 Å². The summed E-state index contributed by atoms with van der Waals surface area (Å²) in [5.41, 5.74) is 6.53. The van der Waals surface area contributed by atoms with Crippen molar-refractivity contribution in [2.75, 3.05) is 6.54 Å². The van der Waals surface area contributed by atoms with Gasteiger partial charge >= 0.3 is 0 Å². The lowest BCUT2D eigenvalue weighted by Crippen LogP contribution is -2.41. The van der Waals surface area contributed by atoms with E-state index in [9.17, 15) is 4.39 Å². The number of guanidine groups is 1. The summed E-state index contributed by atoms with van der Waals surface area (Å²) in [7, 11) is 0. The molecule has 0 atom stereocenters. The first-order chi connectivity index (χ1) is 9.65. The summed E-state index contributed by atoms with van der Waals surface area (Å²) >= 11 is 3.34. The Kier molecular flexibility index (Phi) is 5.83. The van der Waals surface area contributed by atoms with Gasteiger partial charge < -0.3 is 11.1 Å². The normalized spacial score (nSPS) is 17.2. The van der Waals surface area contributed by atoms with E-state index in [1.165, 1.54) is 25.3 Å². The molecule has 0 bridgehead atoms. The number of halogens is 2. The highest BCUT2D eigenvalue weighted by Gasteiger charge is 2.13. The number of aliphatic imine (C=N–C) groups is 1. The van der Waals surface area contributed by atoms with E-state index in [0.29, 0.717) is 30.5 Å². The van der Waals surface area contributed by atoms with Gasteiger partial charge in [0.1, 0.15) is 5.82 Å². The largest absolute Gasteiger partial charge is 0.370 e. The zero-order chi connectivity index (χ0) is 14.4. The predicted molar refractivity (Wildman–Crippen MR) is 84.3 cm³/mol. The molecule has 1 aromatic rings. The average molecular weight is 342 g/mol. The van der Waals surface area contributed by atoms with Crippen molar-refractivity contribution in [1.82, 2.24) is 5.32 Å². The van der Waals surface area contributed by atoms with Crippen LogP contribution in [0.5, 0.6) is 0 Å². The quantitative estimate of drug-likeness (QED) is 0.651. The minimum atomic E-state index is -0.192. The second kappa shape index (κ2) is 7.62. The highest BCUT2D eigenvalue weighted by atomic mass is 79.9. The smallest absolute Gasteiger partial charge is 0.188 e. The van der Waals surface area contributed by atoms with Crippen LogP contribution in [0.15, 0.2) is 27.7 Å². The zero-order valence-corrected chi connectivity index (χ0v) is 13.1. The van der Waals surface area contributed by atoms with Crippen LogP contribution in [0.3, 0.4) is 0 Å². The Balaban J connectivity index is 1.81. The van der Waals surface area contributed by atoms with Crippen molar-refractivity contribution >= 4 is 21.9 Å². The van der Waals surface area contributed by atoms with Gasteiger partial charge in [0, 0.05) is 17.1 Å². The molecule has 2 rings (SSSR count). The molecule has 0 amide bonds. The molecule has 1 aromatic carbocycles. The van der Waals surface area contributed by atoms with E-state index in [4.69, 9.17) is 5.73 Å². The van der Waals surface area contributed by atoms with Crippen LogP contribution in [0.2, 0.25) is 0 Å². The zero-order valence-electron chi connectivity index (χ0n) is 11.5. The maximum absolute atomic E-state index is 13.6. The lowest BCUT2D eigenvalue weighted by molar-refractivity contribution is 0.412. The van der Waals surface area contributed by atoms with Gasteiger partial charge in [-0.15, -0.1) is 0 Å². The van der Waals surface area contributed by atoms with Gasteiger partial charge in [-0.2, -0.15) is 0 Å². The molecule has 0 aromatic heterocycles. The number of rotatable bonds is 4. The van der Waals surface area contributed by atoms with Crippen LogP contribution in [0.1, 0.15) is 37.7 Å². The summed E-state index contributed by atoms with van der Waals surface area (Å²) in [6.45, 7) is 0.499. The summed E-state index contributed by atoms with van der Waals surface area (Å²) in [4.78, 5) is 4.29. The molecule has 5 heteroatoms. The fraction of sp³-hybridized carbons (Fsp3) is 0.533. The first kappa shape index (κ1) is 15.3. The van der Waals surface area contributed by atoms with Crippen LogP contribution in [-0.2, 0) is 6.42 Å². The lowest BCUT2D eigenvalue weighted by atomic mass is 9.96. The summed E-state index contributed by atoms with van der Waals surface area (Å²) in [6.07, 6.45) is 6.71. The van der Waals surface area contributed by atoms with E-state index in [0.717, 1.165) is 17.3 Å². The van der Waals surface area contributed by atoms with Gasteiger partial charge in [-0.05, 0) is 43.0 Å². The fourth-order valence-corrected chi connectivity index (χ4v) is 2.94. The van der Waals surface area contributed by atoms with Crippen molar-refractivity contribution in [3.05, 3.63) is 34.1 Å². The van der Waals surface area contributed by atoms with Gasteiger partial charge in [-0.25, -0.2) is 4.39 Å². The third-order valence-electron chi connectivity index (χ3n) is 3.63. The van der Waals surface area contributed by atoms with Gasteiger partial charge in [-0.3, -0.25) is 4.99 Å². The molecule has 3 nitrogen and oxygen atoms in total. The minimum absolute atomic E-state index is 0.192. The Morgan fingerprint density at radius 2 is 2.10 bits per heavy atom. The van der Waals surface area contributed by atoms with Gasteiger partial charge in [0.25, 0.3) is 0 Å². The Morgan fingerprint density at radius 3 is 2.85 bits per heavy atom. The molecule has 1 aliphatic carbocycles. The van der Waals surface area contributed by atoms with Crippen LogP contribution in [0.4, 0.5) is 4.39 Å². The highest BCUT2D eigenvalue weighted by molar-refractivity contribution is 9.10. The molecule has 0 unspecified atom stereocenters. The molecule has 0 saturated heterocycles. The van der Waals surface area contributed by atoms with Gasteiger partial charge in [0.15, 0.2) is 5.96 Å². The van der Waals surface area contributed by atoms with E-state index in [1.807, 2.05) is 0 Å². The lowest BCUT2D eigenvalue weighted by Gasteiger charge is -2.23. The van der Waals surface area contributed by atoms with Crippen LogP contribution >= 0.6 is 15.9 Å². The van der Waals surface area contributed by atoms with Crippen LogP contribution in [0.25, 0.3) is 0 Å². The van der Waals surface area contributed by atoms with E-state index in [-0.39, 0.29) is 5.82 Å².